The third-order valence-corrected chi connectivity index (χ3v) is 4.06. The molecule has 27 heavy (non-hydrogen) atoms. The van der Waals surface area contributed by atoms with Crippen LogP contribution in [0.25, 0.3) is 5.70 Å². The minimum absolute atomic E-state index is 0.203. The van der Waals surface area contributed by atoms with Gasteiger partial charge in [0.2, 0.25) is 0 Å². The van der Waals surface area contributed by atoms with E-state index in [1.807, 2.05) is 42.5 Å². The van der Waals surface area contributed by atoms with Gasteiger partial charge in [0, 0.05) is 6.54 Å². The van der Waals surface area contributed by atoms with Crippen molar-refractivity contribution in [3.63, 3.8) is 0 Å². The first kappa shape index (κ1) is 18.6. The molecule has 0 aliphatic heterocycles. The second kappa shape index (κ2) is 8.96. The molecule has 4 nitrogen and oxygen atoms in total. The number of nitrogens with one attached hydrogen (secondary N) is 1. The largest absolute Gasteiger partial charge is 0.456 e. The van der Waals surface area contributed by atoms with Gasteiger partial charge in [-0.25, -0.2) is 4.39 Å². The van der Waals surface area contributed by atoms with E-state index < -0.39 is 0 Å². The zero-order chi connectivity index (χ0) is 19.1. The van der Waals surface area contributed by atoms with Crippen LogP contribution in [0.15, 0.2) is 73.4 Å². The highest BCUT2D eigenvalue weighted by molar-refractivity contribution is 5.56. The van der Waals surface area contributed by atoms with Gasteiger partial charge in [-0.3, -0.25) is 4.98 Å². The molecule has 5 heteroatoms. The van der Waals surface area contributed by atoms with E-state index in [4.69, 9.17) is 10.5 Å². The zero-order valence-corrected chi connectivity index (χ0v) is 15.0. The Bertz CT molecular complexity index is 875. The summed E-state index contributed by atoms with van der Waals surface area (Å²) in [6.07, 6.45) is 2.48. The van der Waals surface area contributed by atoms with Crippen molar-refractivity contribution in [1.82, 2.24) is 10.3 Å². The van der Waals surface area contributed by atoms with Gasteiger partial charge in [-0.15, -0.1) is 0 Å². The number of hydrogen-bond donors (Lipinski definition) is 2. The number of ether oxygens (including phenoxy) is 1. The number of aromatic nitrogens is 1. The lowest BCUT2D eigenvalue weighted by Crippen LogP contribution is -2.16. The molecule has 0 unspecified atom stereocenters. The third kappa shape index (κ3) is 5.66. The summed E-state index contributed by atoms with van der Waals surface area (Å²) < 4.78 is 18.7. The summed E-state index contributed by atoms with van der Waals surface area (Å²) in [5.41, 5.74) is 8.95. The zero-order valence-electron chi connectivity index (χ0n) is 15.0. The lowest BCUT2D eigenvalue weighted by molar-refractivity contribution is 0.480. The van der Waals surface area contributed by atoms with Crippen LogP contribution in [0.1, 0.15) is 16.8 Å². The highest BCUT2D eigenvalue weighted by Crippen LogP contribution is 2.21. The number of halogens is 1. The Kier molecular flexibility index (Phi) is 6.18. The second-order valence-electron chi connectivity index (χ2n) is 6.20. The van der Waals surface area contributed by atoms with Gasteiger partial charge in [0.1, 0.15) is 17.3 Å². The van der Waals surface area contributed by atoms with Crippen LogP contribution < -0.4 is 15.8 Å². The van der Waals surface area contributed by atoms with Gasteiger partial charge in [0.15, 0.2) is 0 Å². The van der Waals surface area contributed by atoms with Crippen molar-refractivity contribution in [2.75, 3.05) is 6.54 Å². The molecule has 2 aromatic carbocycles. The van der Waals surface area contributed by atoms with E-state index in [1.54, 1.807) is 12.3 Å². The number of hydrogen-bond acceptors (Lipinski definition) is 4. The smallest absolute Gasteiger partial charge is 0.145 e. The maximum absolute atomic E-state index is 12.9. The van der Waals surface area contributed by atoms with Gasteiger partial charge in [0.25, 0.3) is 0 Å². The fraction of sp³-hybridized carbons (Fsp3) is 0.136. The van der Waals surface area contributed by atoms with Crippen molar-refractivity contribution in [3.05, 3.63) is 96.1 Å². The Morgan fingerprint density at radius 2 is 1.63 bits per heavy atom. The fourth-order valence-corrected chi connectivity index (χ4v) is 2.56. The fourth-order valence-electron chi connectivity index (χ4n) is 2.56. The standard InChI is InChI=1S/C22H22FN3O/c1-16(24)22-11-10-21(15-26-22)27-20-8-4-18(5-9-20)14-25-13-12-17-2-6-19(23)7-3-17/h2-11,15,25H,1,12-14,24H2. The predicted octanol–water partition coefficient (Wildman–Crippen LogP) is 4.27. The van der Waals surface area contributed by atoms with Crippen LogP contribution in [-0.2, 0) is 13.0 Å². The van der Waals surface area contributed by atoms with Crippen LogP contribution in [0.2, 0.25) is 0 Å². The van der Waals surface area contributed by atoms with Gasteiger partial charge >= 0.3 is 0 Å². The van der Waals surface area contributed by atoms with Crippen molar-refractivity contribution in [2.24, 2.45) is 5.73 Å². The predicted molar refractivity (Wildman–Crippen MR) is 106 cm³/mol. The molecule has 0 saturated heterocycles. The van der Waals surface area contributed by atoms with Crippen molar-refractivity contribution in [2.45, 2.75) is 13.0 Å². The Hall–Kier alpha value is -3.18. The van der Waals surface area contributed by atoms with Crippen molar-refractivity contribution >= 4 is 5.70 Å². The average Bonchev–Trinajstić information content (AvgIpc) is 2.68. The second-order valence-corrected chi connectivity index (χ2v) is 6.20. The number of benzene rings is 2. The summed E-state index contributed by atoms with van der Waals surface area (Å²) in [6.45, 7) is 5.24. The van der Waals surface area contributed by atoms with E-state index in [-0.39, 0.29) is 5.82 Å². The summed E-state index contributed by atoms with van der Waals surface area (Å²) >= 11 is 0. The molecule has 0 fully saturated rings. The molecule has 0 aliphatic carbocycles. The summed E-state index contributed by atoms with van der Waals surface area (Å²) in [5.74, 6) is 1.18. The SMILES string of the molecule is C=C(N)c1ccc(Oc2ccc(CNCCc3ccc(F)cc3)cc2)cn1. The topological polar surface area (TPSA) is 60.2 Å². The number of rotatable bonds is 8. The third-order valence-electron chi connectivity index (χ3n) is 4.06. The minimum Gasteiger partial charge on any atom is -0.456 e. The first-order valence-electron chi connectivity index (χ1n) is 8.73. The maximum atomic E-state index is 12.9. The number of pyridine rings is 1. The normalized spacial score (nSPS) is 10.6. The molecule has 0 aliphatic rings. The first-order chi connectivity index (χ1) is 13.1. The Morgan fingerprint density at radius 1 is 0.963 bits per heavy atom. The highest BCUT2D eigenvalue weighted by atomic mass is 19.1. The van der Waals surface area contributed by atoms with Crippen LogP contribution in [0, 0.1) is 5.82 Å². The van der Waals surface area contributed by atoms with E-state index in [2.05, 4.69) is 16.9 Å². The Morgan fingerprint density at radius 3 is 2.26 bits per heavy atom. The molecule has 3 aromatic rings. The molecular formula is C22H22FN3O. The molecule has 3 N–H and O–H groups in total. The molecule has 138 valence electrons. The lowest BCUT2D eigenvalue weighted by atomic mass is 10.1. The van der Waals surface area contributed by atoms with Crippen molar-refractivity contribution in [1.29, 1.82) is 0 Å². The summed E-state index contributed by atoms with van der Waals surface area (Å²) in [6, 6.07) is 18.1. The molecular weight excluding hydrogens is 341 g/mol. The summed E-state index contributed by atoms with van der Waals surface area (Å²) in [5, 5.41) is 3.39. The van der Waals surface area contributed by atoms with Crippen molar-refractivity contribution < 1.29 is 9.13 Å². The molecule has 0 bridgehead atoms. The Labute approximate surface area is 158 Å². The van der Waals surface area contributed by atoms with Crippen LogP contribution in [0.3, 0.4) is 0 Å². The van der Waals surface area contributed by atoms with Crippen LogP contribution in [0.5, 0.6) is 11.5 Å². The maximum Gasteiger partial charge on any atom is 0.145 e. The van der Waals surface area contributed by atoms with E-state index >= 15 is 0 Å². The average molecular weight is 363 g/mol. The van der Waals surface area contributed by atoms with Crippen LogP contribution in [-0.4, -0.2) is 11.5 Å². The quantitative estimate of drug-likeness (QED) is 0.587. The summed E-state index contributed by atoms with van der Waals surface area (Å²) in [7, 11) is 0. The van der Waals surface area contributed by atoms with E-state index in [1.165, 1.54) is 12.1 Å². The van der Waals surface area contributed by atoms with E-state index in [0.717, 1.165) is 36.4 Å². The van der Waals surface area contributed by atoms with Crippen LogP contribution >= 0.6 is 0 Å². The van der Waals surface area contributed by atoms with Crippen molar-refractivity contribution in [3.8, 4) is 11.5 Å². The monoisotopic (exact) mass is 363 g/mol. The van der Waals surface area contributed by atoms with Gasteiger partial charge in [-0.1, -0.05) is 30.8 Å². The molecule has 1 aromatic heterocycles. The summed E-state index contributed by atoms with van der Waals surface area (Å²) in [4.78, 5) is 4.19. The highest BCUT2D eigenvalue weighted by Gasteiger charge is 2.01. The molecule has 0 radical (unpaired) electrons. The van der Waals surface area contributed by atoms with Gasteiger partial charge in [-0.2, -0.15) is 0 Å². The lowest BCUT2D eigenvalue weighted by Gasteiger charge is -2.08. The molecule has 0 atom stereocenters. The molecule has 0 amide bonds. The molecule has 0 saturated carbocycles. The van der Waals surface area contributed by atoms with Gasteiger partial charge in [0.05, 0.1) is 17.6 Å². The first-order valence-corrected chi connectivity index (χ1v) is 8.73. The molecule has 1 heterocycles. The minimum atomic E-state index is -0.203. The van der Waals surface area contributed by atoms with E-state index in [9.17, 15) is 4.39 Å². The number of nitrogens with zero attached hydrogens (tertiary/aromatic N) is 1. The van der Waals surface area contributed by atoms with Crippen LogP contribution in [0.4, 0.5) is 4.39 Å². The number of nitrogens with two attached hydrogens (primary N) is 1. The van der Waals surface area contributed by atoms with E-state index in [0.29, 0.717) is 17.1 Å². The van der Waals surface area contributed by atoms with Gasteiger partial charge < -0.3 is 15.8 Å². The van der Waals surface area contributed by atoms with Gasteiger partial charge in [-0.05, 0) is 60.5 Å². The molecule has 3 rings (SSSR count). The Balaban J connectivity index is 1.45. The molecule has 0 spiro atoms.